The highest BCUT2D eigenvalue weighted by molar-refractivity contribution is 5.78. The molecule has 0 saturated carbocycles. The van der Waals surface area contributed by atoms with Crippen LogP contribution in [0.1, 0.15) is 25.3 Å². The van der Waals surface area contributed by atoms with Crippen molar-refractivity contribution in [1.82, 2.24) is 9.88 Å². The van der Waals surface area contributed by atoms with Gasteiger partial charge in [0.05, 0.1) is 12.0 Å². The van der Waals surface area contributed by atoms with Crippen molar-refractivity contribution >= 4 is 5.91 Å². The largest absolute Gasteiger partial charge is 0.388 e. The number of β-amino-alcohol motifs (C(OH)–C–C–N with tert-alkyl or cyclic N) is 1. The third-order valence-corrected chi connectivity index (χ3v) is 3.13. The van der Waals surface area contributed by atoms with Crippen LogP contribution in [0.5, 0.6) is 0 Å². The number of carbonyl (C=O) groups is 1. The average Bonchev–Trinajstić information content (AvgIpc) is 2.29. The molecule has 17 heavy (non-hydrogen) atoms. The second-order valence-electron chi connectivity index (χ2n) is 4.95. The van der Waals surface area contributed by atoms with Gasteiger partial charge in [-0.05, 0) is 37.5 Å². The summed E-state index contributed by atoms with van der Waals surface area (Å²) in [6.45, 7) is 2.98. The van der Waals surface area contributed by atoms with Crippen molar-refractivity contribution in [1.29, 1.82) is 0 Å². The first-order valence-corrected chi connectivity index (χ1v) is 5.96. The fourth-order valence-electron chi connectivity index (χ4n) is 2.22. The van der Waals surface area contributed by atoms with Crippen molar-refractivity contribution < 1.29 is 9.90 Å². The lowest BCUT2D eigenvalue weighted by Gasteiger charge is -2.36. The average molecular weight is 234 g/mol. The van der Waals surface area contributed by atoms with Gasteiger partial charge in [-0.2, -0.15) is 0 Å². The molecule has 1 fully saturated rings. The van der Waals surface area contributed by atoms with E-state index in [9.17, 15) is 9.90 Å². The number of likely N-dealkylation sites (tertiary alicyclic amines) is 1. The zero-order valence-electron chi connectivity index (χ0n) is 10.1. The number of piperidine rings is 1. The van der Waals surface area contributed by atoms with Crippen molar-refractivity contribution in [2.24, 2.45) is 0 Å². The van der Waals surface area contributed by atoms with Gasteiger partial charge in [0.2, 0.25) is 5.91 Å². The molecule has 1 aliphatic heterocycles. The van der Waals surface area contributed by atoms with E-state index in [2.05, 4.69) is 4.98 Å². The number of hydrogen-bond acceptors (Lipinski definition) is 3. The third kappa shape index (κ3) is 3.27. The summed E-state index contributed by atoms with van der Waals surface area (Å²) in [6, 6.07) is 3.69. The summed E-state index contributed by atoms with van der Waals surface area (Å²) in [6.07, 6.45) is 5.41. The van der Waals surface area contributed by atoms with Crippen molar-refractivity contribution in [2.75, 3.05) is 13.1 Å². The molecule has 1 atom stereocenters. The summed E-state index contributed by atoms with van der Waals surface area (Å²) in [7, 11) is 0. The molecule has 4 heteroatoms. The van der Waals surface area contributed by atoms with Crippen molar-refractivity contribution in [3.63, 3.8) is 0 Å². The van der Waals surface area contributed by atoms with Gasteiger partial charge in [0, 0.05) is 25.5 Å². The van der Waals surface area contributed by atoms with Crippen LogP contribution in [0.2, 0.25) is 0 Å². The van der Waals surface area contributed by atoms with Gasteiger partial charge in [-0.15, -0.1) is 0 Å². The van der Waals surface area contributed by atoms with E-state index in [0.717, 1.165) is 24.9 Å². The highest BCUT2D eigenvalue weighted by Gasteiger charge is 2.30. The number of amides is 1. The molecular formula is C13H18N2O2. The molecule has 1 aliphatic rings. The molecule has 2 heterocycles. The fourth-order valence-corrected chi connectivity index (χ4v) is 2.22. The molecule has 2 rings (SSSR count). The van der Waals surface area contributed by atoms with E-state index in [4.69, 9.17) is 0 Å². The van der Waals surface area contributed by atoms with Crippen molar-refractivity contribution in [3.8, 4) is 0 Å². The summed E-state index contributed by atoms with van der Waals surface area (Å²) >= 11 is 0. The fraction of sp³-hybridized carbons (Fsp3) is 0.538. The van der Waals surface area contributed by atoms with E-state index in [1.54, 1.807) is 24.2 Å². The standard InChI is InChI=1S/C13H18N2O2/c1-13(17)5-2-8-15(10-13)12(16)9-11-3-6-14-7-4-11/h3-4,6-7,17H,2,5,8-10H2,1H3. The quantitative estimate of drug-likeness (QED) is 0.830. The number of hydrogen-bond donors (Lipinski definition) is 1. The summed E-state index contributed by atoms with van der Waals surface area (Å²) in [5, 5.41) is 9.96. The van der Waals surface area contributed by atoms with Crippen molar-refractivity contribution in [3.05, 3.63) is 30.1 Å². The lowest BCUT2D eigenvalue weighted by atomic mass is 9.95. The van der Waals surface area contributed by atoms with Gasteiger partial charge in [-0.1, -0.05) is 0 Å². The van der Waals surface area contributed by atoms with Gasteiger partial charge in [0.1, 0.15) is 0 Å². The predicted octanol–water partition coefficient (Wildman–Crippen LogP) is 0.998. The smallest absolute Gasteiger partial charge is 0.227 e. The molecule has 1 aromatic rings. The van der Waals surface area contributed by atoms with Crippen LogP contribution < -0.4 is 0 Å². The lowest BCUT2D eigenvalue weighted by molar-refractivity contribution is -0.136. The zero-order chi connectivity index (χ0) is 12.3. The Morgan fingerprint density at radius 3 is 2.88 bits per heavy atom. The molecule has 4 nitrogen and oxygen atoms in total. The first-order valence-electron chi connectivity index (χ1n) is 5.96. The van der Waals surface area contributed by atoms with E-state index in [0.29, 0.717) is 13.0 Å². The number of carbonyl (C=O) groups excluding carboxylic acids is 1. The molecule has 0 radical (unpaired) electrons. The molecule has 1 aromatic heterocycles. The molecule has 0 bridgehead atoms. The molecule has 0 spiro atoms. The van der Waals surface area contributed by atoms with Crippen LogP contribution in [0.15, 0.2) is 24.5 Å². The monoisotopic (exact) mass is 234 g/mol. The van der Waals surface area contributed by atoms with Crippen LogP contribution in [0.4, 0.5) is 0 Å². The minimum Gasteiger partial charge on any atom is -0.388 e. The Morgan fingerprint density at radius 2 is 2.24 bits per heavy atom. The molecule has 1 N–H and O–H groups in total. The van der Waals surface area contributed by atoms with Gasteiger partial charge in [0.15, 0.2) is 0 Å². The first kappa shape index (κ1) is 12.0. The minimum absolute atomic E-state index is 0.0798. The molecule has 0 aromatic carbocycles. The highest BCUT2D eigenvalue weighted by atomic mass is 16.3. The van der Waals surface area contributed by atoms with Gasteiger partial charge in [-0.3, -0.25) is 9.78 Å². The van der Waals surface area contributed by atoms with Crippen LogP contribution in [0.3, 0.4) is 0 Å². The van der Waals surface area contributed by atoms with E-state index in [1.807, 2.05) is 12.1 Å². The number of nitrogens with zero attached hydrogens (tertiary/aromatic N) is 2. The van der Waals surface area contributed by atoms with E-state index < -0.39 is 5.60 Å². The van der Waals surface area contributed by atoms with Crippen LogP contribution in [-0.4, -0.2) is 39.6 Å². The molecule has 1 saturated heterocycles. The number of rotatable bonds is 2. The molecule has 92 valence electrons. The Labute approximate surface area is 101 Å². The molecular weight excluding hydrogens is 216 g/mol. The van der Waals surface area contributed by atoms with Crippen molar-refractivity contribution in [2.45, 2.75) is 31.8 Å². The first-order chi connectivity index (χ1) is 8.07. The summed E-state index contributed by atoms with van der Waals surface area (Å²) in [5.41, 5.74) is 0.238. The Balaban J connectivity index is 1.96. The zero-order valence-corrected chi connectivity index (χ0v) is 10.1. The van der Waals surface area contributed by atoms with Gasteiger partial charge in [0.25, 0.3) is 0 Å². The van der Waals surface area contributed by atoms with Gasteiger partial charge < -0.3 is 10.0 Å². The van der Waals surface area contributed by atoms with Gasteiger partial charge in [-0.25, -0.2) is 0 Å². The van der Waals surface area contributed by atoms with Crippen LogP contribution in [0, 0.1) is 0 Å². The molecule has 1 unspecified atom stereocenters. The predicted molar refractivity (Wildman–Crippen MR) is 64.4 cm³/mol. The Morgan fingerprint density at radius 1 is 1.53 bits per heavy atom. The Kier molecular flexibility index (Phi) is 3.43. The maximum absolute atomic E-state index is 12.0. The van der Waals surface area contributed by atoms with E-state index >= 15 is 0 Å². The molecule has 1 amide bonds. The Hall–Kier alpha value is -1.42. The Bertz CT molecular complexity index is 390. The second kappa shape index (κ2) is 4.84. The van der Waals surface area contributed by atoms with Crippen LogP contribution in [-0.2, 0) is 11.2 Å². The summed E-state index contributed by atoms with van der Waals surface area (Å²) in [5.74, 6) is 0.0798. The second-order valence-corrected chi connectivity index (χ2v) is 4.95. The highest BCUT2D eigenvalue weighted by Crippen LogP contribution is 2.20. The lowest BCUT2D eigenvalue weighted by Crippen LogP contribution is -2.49. The maximum atomic E-state index is 12.0. The third-order valence-electron chi connectivity index (χ3n) is 3.13. The van der Waals surface area contributed by atoms with E-state index in [-0.39, 0.29) is 5.91 Å². The summed E-state index contributed by atoms with van der Waals surface area (Å²) < 4.78 is 0. The summed E-state index contributed by atoms with van der Waals surface area (Å²) in [4.78, 5) is 17.7. The van der Waals surface area contributed by atoms with Gasteiger partial charge >= 0.3 is 0 Å². The minimum atomic E-state index is -0.730. The number of aliphatic hydroxyl groups is 1. The normalized spacial score (nSPS) is 24.7. The molecule has 0 aliphatic carbocycles. The maximum Gasteiger partial charge on any atom is 0.227 e. The SMILES string of the molecule is CC1(O)CCCN(C(=O)Cc2ccncc2)C1. The van der Waals surface area contributed by atoms with Crippen LogP contribution >= 0.6 is 0 Å². The number of pyridine rings is 1. The topological polar surface area (TPSA) is 53.4 Å². The van der Waals surface area contributed by atoms with E-state index in [1.165, 1.54) is 0 Å². The number of aromatic nitrogens is 1. The van der Waals surface area contributed by atoms with Crippen LogP contribution in [0.25, 0.3) is 0 Å².